The number of methoxy groups -OCH3 is 2. The average molecular weight is 422 g/mol. The van der Waals surface area contributed by atoms with Crippen molar-refractivity contribution in [1.29, 1.82) is 0 Å². The lowest BCUT2D eigenvalue weighted by molar-refractivity contribution is 0.101. The molecule has 0 radical (unpaired) electrons. The van der Waals surface area contributed by atoms with Gasteiger partial charge in [0, 0.05) is 28.4 Å². The average Bonchev–Trinajstić information content (AvgIpc) is 3.35. The summed E-state index contributed by atoms with van der Waals surface area (Å²) in [5.74, 6) is 1.25. The van der Waals surface area contributed by atoms with Gasteiger partial charge >= 0.3 is 0 Å². The maximum Gasteiger partial charge on any atom is 0.274 e. The van der Waals surface area contributed by atoms with E-state index in [9.17, 15) is 4.79 Å². The molecule has 7 heteroatoms. The first-order valence-electron chi connectivity index (χ1n) is 9.64. The highest BCUT2D eigenvalue weighted by atomic mass is 32.1. The Morgan fingerprint density at radius 1 is 1.17 bits per heavy atom. The van der Waals surface area contributed by atoms with Gasteiger partial charge in [0.15, 0.2) is 5.13 Å². The Hall–Kier alpha value is -3.32. The number of benzene rings is 2. The molecule has 0 fully saturated rings. The van der Waals surface area contributed by atoms with Gasteiger partial charge in [-0.15, -0.1) is 11.3 Å². The third-order valence-corrected chi connectivity index (χ3v) is 5.92. The molecule has 0 atom stereocenters. The van der Waals surface area contributed by atoms with E-state index >= 15 is 0 Å². The van der Waals surface area contributed by atoms with Crippen LogP contribution in [0.2, 0.25) is 0 Å². The van der Waals surface area contributed by atoms with Crippen molar-refractivity contribution >= 4 is 33.3 Å². The van der Waals surface area contributed by atoms with Crippen molar-refractivity contribution in [3.63, 3.8) is 0 Å². The van der Waals surface area contributed by atoms with Crippen LogP contribution in [-0.2, 0) is 6.54 Å². The van der Waals surface area contributed by atoms with Gasteiger partial charge in [-0.1, -0.05) is 18.2 Å². The second-order valence-electron chi connectivity index (χ2n) is 6.79. The standard InChI is InChI=1S/C23H23N3O3S/c1-5-26-19-9-7-6-8-16(19)14(2)21(26)22(27)25-23-24-18(13-30-23)17-12-15(28-3)10-11-20(17)29-4/h6-13H,5H2,1-4H3,(H,24,25,27). The minimum Gasteiger partial charge on any atom is -0.497 e. The summed E-state index contributed by atoms with van der Waals surface area (Å²) in [5, 5.41) is 6.49. The van der Waals surface area contributed by atoms with Crippen LogP contribution in [0, 0.1) is 6.92 Å². The van der Waals surface area contributed by atoms with E-state index in [1.54, 1.807) is 14.2 Å². The monoisotopic (exact) mass is 421 g/mol. The summed E-state index contributed by atoms with van der Waals surface area (Å²) in [6.45, 7) is 4.73. The summed E-state index contributed by atoms with van der Waals surface area (Å²) in [7, 11) is 3.24. The van der Waals surface area contributed by atoms with Gasteiger partial charge in [0.25, 0.3) is 5.91 Å². The number of rotatable bonds is 6. The molecule has 1 amide bonds. The van der Waals surface area contributed by atoms with Crippen molar-refractivity contribution in [2.24, 2.45) is 0 Å². The van der Waals surface area contributed by atoms with Crippen LogP contribution in [0.25, 0.3) is 22.2 Å². The molecule has 0 saturated carbocycles. The summed E-state index contributed by atoms with van der Waals surface area (Å²) in [4.78, 5) is 17.8. The topological polar surface area (TPSA) is 65.4 Å². The number of carbonyl (C=O) groups is 1. The van der Waals surface area contributed by atoms with Crippen molar-refractivity contribution in [2.75, 3.05) is 19.5 Å². The van der Waals surface area contributed by atoms with E-state index in [2.05, 4.69) is 10.3 Å². The molecule has 0 aliphatic heterocycles. The second kappa shape index (κ2) is 8.20. The van der Waals surface area contributed by atoms with E-state index in [4.69, 9.17) is 9.47 Å². The van der Waals surface area contributed by atoms with Crippen LogP contribution < -0.4 is 14.8 Å². The SMILES string of the molecule is CCn1c(C(=O)Nc2nc(-c3cc(OC)ccc3OC)cs2)c(C)c2ccccc21. The van der Waals surface area contributed by atoms with Gasteiger partial charge in [0.05, 0.1) is 19.9 Å². The highest BCUT2D eigenvalue weighted by molar-refractivity contribution is 7.14. The molecule has 0 saturated heterocycles. The van der Waals surface area contributed by atoms with Crippen molar-refractivity contribution in [1.82, 2.24) is 9.55 Å². The summed E-state index contributed by atoms with van der Waals surface area (Å²) in [5.41, 5.74) is 4.22. The first kappa shape index (κ1) is 20.0. The molecule has 1 N–H and O–H groups in total. The number of nitrogens with zero attached hydrogens (tertiary/aromatic N) is 2. The lowest BCUT2D eigenvalue weighted by Crippen LogP contribution is -2.17. The Morgan fingerprint density at radius 2 is 1.97 bits per heavy atom. The van der Waals surface area contributed by atoms with Crippen LogP contribution in [0.3, 0.4) is 0 Å². The molecule has 4 rings (SSSR count). The molecular formula is C23H23N3O3S. The molecule has 0 aliphatic rings. The molecule has 2 heterocycles. The number of hydrogen-bond donors (Lipinski definition) is 1. The number of nitrogens with one attached hydrogen (secondary N) is 1. The van der Waals surface area contributed by atoms with Crippen LogP contribution in [0.4, 0.5) is 5.13 Å². The van der Waals surface area contributed by atoms with Crippen LogP contribution in [0.5, 0.6) is 11.5 Å². The number of fused-ring (bicyclic) bond motifs is 1. The van der Waals surface area contributed by atoms with E-state index in [0.717, 1.165) is 27.7 Å². The number of thiazole rings is 1. The molecule has 0 spiro atoms. The normalized spacial score (nSPS) is 10.9. The van der Waals surface area contributed by atoms with Gasteiger partial charge < -0.3 is 14.0 Å². The van der Waals surface area contributed by atoms with E-state index in [-0.39, 0.29) is 5.91 Å². The minimum atomic E-state index is -0.163. The summed E-state index contributed by atoms with van der Waals surface area (Å²) < 4.78 is 12.8. The number of ether oxygens (including phenoxy) is 2. The summed E-state index contributed by atoms with van der Waals surface area (Å²) >= 11 is 1.38. The van der Waals surface area contributed by atoms with Gasteiger partial charge in [-0.2, -0.15) is 0 Å². The number of anilines is 1. The fourth-order valence-electron chi connectivity index (χ4n) is 3.72. The lowest BCUT2D eigenvalue weighted by Gasteiger charge is -2.09. The van der Waals surface area contributed by atoms with Crippen molar-refractivity contribution in [3.05, 3.63) is 59.1 Å². The fraction of sp³-hybridized carbons (Fsp3) is 0.217. The quantitative estimate of drug-likeness (QED) is 0.455. The predicted octanol–water partition coefficient (Wildman–Crippen LogP) is 5.36. The Kier molecular flexibility index (Phi) is 5.46. The Morgan fingerprint density at radius 3 is 2.70 bits per heavy atom. The fourth-order valence-corrected chi connectivity index (χ4v) is 4.43. The number of para-hydroxylation sites is 1. The molecule has 30 heavy (non-hydrogen) atoms. The van der Waals surface area contributed by atoms with Crippen LogP contribution >= 0.6 is 11.3 Å². The zero-order valence-corrected chi connectivity index (χ0v) is 18.2. The van der Waals surface area contributed by atoms with Gasteiger partial charge in [-0.05, 0) is 43.7 Å². The van der Waals surface area contributed by atoms with Gasteiger partial charge in [-0.3, -0.25) is 10.1 Å². The lowest BCUT2D eigenvalue weighted by atomic mass is 10.1. The van der Waals surface area contributed by atoms with Crippen LogP contribution in [0.15, 0.2) is 47.8 Å². The van der Waals surface area contributed by atoms with Crippen LogP contribution in [0.1, 0.15) is 23.0 Å². The molecule has 154 valence electrons. The summed E-state index contributed by atoms with van der Waals surface area (Å²) in [6, 6.07) is 13.6. The first-order chi connectivity index (χ1) is 14.6. The highest BCUT2D eigenvalue weighted by Gasteiger charge is 2.21. The first-order valence-corrected chi connectivity index (χ1v) is 10.5. The highest BCUT2D eigenvalue weighted by Crippen LogP contribution is 2.35. The predicted molar refractivity (Wildman–Crippen MR) is 121 cm³/mol. The Balaban J connectivity index is 1.66. The van der Waals surface area contributed by atoms with Crippen LogP contribution in [-0.4, -0.2) is 29.7 Å². The number of aryl methyl sites for hydroxylation is 2. The van der Waals surface area contributed by atoms with Gasteiger partial charge in [0.2, 0.25) is 0 Å². The molecule has 2 aromatic heterocycles. The van der Waals surface area contributed by atoms with E-state index < -0.39 is 0 Å². The third kappa shape index (κ3) is 3.41. The Bertz CT molecular complexity index is 1230. The van der Waals surface area contributed by atoms with Gasteiger partial charge in [0.1, 0.15) is 17.2 Å². The number of aromatic nitrogens is 2. The molecule has 6 nitrogen and oxygen atoms in total. The summed E-state index contributed by atoms with van der Waals surface area (Å²) in [6.07, 6.45) is 0. The van der Waals surface area contributed by atoms with Crippen molar-refractivity contribution in [3.8, 4) is 22.8 Å². The largest absolute Gasteiger partial charge is 0.497 e. The number of carbonyl (C=O) groups excluding carboxylic acids is 1. The molecule has 0 aliphatic carbocycles. The van der Waals surface area contributed by atoms with E-state index in [0.29, 0.717) is 28.9 Å². The number of hydrogen-bond acceptors (Lipinski definition) is 5. The van der Waals surface area contributed by atoms with E-state index in [1.165, 1.54) is 11.3 Å². The maximum atomic E-state index is 13.1. The maximum absolute atomic E-state index is 13.1. The number of amides is 1. The smallest absolute Gasteiger partial charge is 0.274 e. The van der Waals surface area contributed by atoms with Crippen molar-refractivity contribution < 1.29 is 14.3 Å². The molecule has 4 aromatic rings. The van der Waals surface area contributed by atoms with Crippen molar-refractivity contribution in [2.45, 2.75) is 20.4 Å². The zero-order valence-electron chi connectivity index (χ0n) is 17.4. The molecule has 0 unspecified atom stereocenters. The zero-order chi connectivity index (χ0) is 21.3. The van der Waals surface area contributed by atoms with E-state index in [1.807, 2.05) is 66.3 Å². The molecule has 0 bridgehead atoms. The third-order valence-electron chi connectivity index (χ3n) is 5.16. The Labute approximate surface area is 179 Å². The second-order valence-corrected chi connectivity index (χ2v) is 7.65. The van der Waals surface area contributed by atoms with Gasteiger partial charge in [-0.25, -0.2) is 4.98 Å². The minimum absolute atomic E-state index is 0.163. The molecule has 2 aromatic carbocycles. The molecular weight excluding hydrogens is 398 g/mol.